The summed E-state index contributed by atoms with van der Waals surface area (Å²) in [6.07, 6.45) is 0. The van der Waals surface area contributed by atoms with E-state index in [0.717, 1.165) is 0 Å². The van der Waals surface area contributed by atoms with Gasteiger partial charge in [-0.25, -0.2) is 4.98 Å². The van der Waals surface area contributed by atoms with E-state index in [2.05, 4.69) is 4.98 Å². The van der Waals surface area contributed by atoms with Gasteiger partial charge in [-0.15, -0.1) is 24.8 Å². The summed E-state index contributed by atoms with van der Waals surface area (Å²) in [6, 6.07) is 4.84. The van der Waals surface area contributed by atoms with Gasteiger partial charge >= 0.3 is 0 Å². The van der Waals surface area contributed by atoms with Crippen LogP contribution in [0.3, 0.4) is 0 Å². The highest BCUT2D eigenvalue weighted by atomic mass is 35.5. The number of pyridine rings is 1. The molecule has 1 rings (SSSR count). The van der Waals surface area contributed by atoms with Crippen LogP contribution in [0.1, 0.15) is 11.4 Å². The van der Waals surface area contributed by atoms with Gasteiger partial charge in [-0.1, -0.05) is 6.07 Å². The topological polar surface area (TPSA) is 113 Å². The van der Waals surface area contributed by atoms with Crippen molar-refractivity contribution in [2.75, 3.05) is 0 Å². The molecule has 78 valence electrons. The molecule has 0 unspecified atom stereocenters. The van der Waals surface area contributed by atoms with Crippen LogP contribution in [0.15, 0.2) is 18.2 Å². The third kappa shape index (κ3) is 3.59. The highest BCUT2D eigenvalue weighted by Crippen LogP contribution is 1.97. The van der Waals surface area contributed by atoms with Gasteiger partial charge in [0.15, 0.2) is 0 Å². The van der Waals surface area contributed by atoms with E-state index in [9.17, 15) is 0 Å². The van der Waals surface area contributed by atoms with E-state index >= 15 is 0 Å². The third-order valence-corrected chi connectivity index (χ3v) is 1.30. The lowest BCUT2D eigenvalue weighted by molar-refractivity contribution is 1.21. The predicted molar refractivity (Wildman–Crippen MR) is 60.8 cm³/mol. The molecule has 7 heteroatoms. The highest BCUT2D eigenvalue weighted by Gasteiger charge is 2.01. The Morgan fingerprint density at radius 2 is 1.36 bits per heavy atom. The van der Waals surface area contributed by atoms with Crippen LogP contribution in [-0.4, -0.2) is 16.7 Å². The van der Waals surface area contributed by atoms with Crippen LogP contribution in [0.4, 0.5) is 0 Å². The van der Waals surface area contributed by atoms with E-state index < -0.39 is 0 Å². The number of nitrogens with zero attached hydrogens (tertiary/aromatic N) is 1. The molecule has 6 N–H and O–H groups in total. The standard InChI is InChI=1S/C7H9N5.2ClH/c8-6(9)4-2-1-3-5(12-4)7(10)11;;/h1-3H,(H3,8,9)(H3,10,11);2*1H. The Morgan fingerprint density at radius 1 is 1.00 bits per heavy atom. The molecule has 0 saturated heterocycles. The molecule has 14 heavy (non-hydrogen) atoms. The fourth-order valence-electron chi connectivity index (χ4n) is 0.735. The van der Waals surface area contributed by atoms with Gasteiger partial charge in [0, 0.05) is 0 Å². The van der Waals surface area contributed by atoms with Crippen LogP contribution in [0.2, 0.25) is 0 Å². The number of hydrogen-bond donors (Lipinski definition) is 4. The monoisotopic (exact) mass is 235 g/mol. The van der Waals surface area contributed by atoms with Gasteiger partial charge in [-0.05, 0) is 12.1 Å². The Hall–Kier alpha value is -1.33. The van der Waals surface area contributed by atoms with Gasteiger partial charge in [0.05, 0.1) is 0 Å². The van der Waals surface area contributed by atoms with Crippen LogP contribution in [0.25, 0.3) is 0 Å². The van der Waals surface area contributed by atoms with Crippen LogP contribution in [-0.2, 0) is 0 Å². The number of nitrogens with two attached hydrogens (primary N) is 2. The summed E-state index contributed by atoms with van der Waals surface area (Å²) in [4.78, 5) is 3.87. The van der Waals surface area contributed by atoms with Gasteiger partial charge in [-0.2, -0.15) is 0 Å². The van der Waals surface area contributed by atoms with Crippen molar-refractivity contribution < 1.29 is 0 Å². The minimum absolute atomic E-state index is 0. The fourth-order valence-corrected chi connectivity index (χ4v) is 0.735. The normalized spacial score (nSPS) is 8.00. The Kier molecular flexibility index (Phi) is 6.68. The number of rotatable bonds is 2. The van der Waals surface area contributed by atoms with Crippen molar-refractivity contribution in [1.29, 1.82) is 10.8 Å². The Bertz CT molecular complexity index is 309. The van der Waals surface area contributed by atoms with E-state index in [0.29, 0.717) is 11.4 Å². The van der Waals surface area contributed by atoms with Crippen LogP contribution >= 0.6 is 24.8 Å². The quantitative estimate of drug-likeness (QED) is 0.442. The largest absolute Gasteiger partial charge is 0.382 e. The molecule has 1 aromatic heterocycles. The van der Waals surface area contributed by atoms with Crippen LogP contribution < -0.4 is 11.5 Å². The lowest BCUT2D eigenvalue weighted by Gasteiger charge is -1.99. The van der Waals surface area contributed by atoms with Crippen molar-refractivity contribution >= 4 is 36.5 Å². The van der Waals surface area contributed by atoms with Crippen LogP contribution in [0, 0.1) is 10.8 Å². The Labute approximate surface area is 93.7 Å². The van der Waals surface area contributed by atoms with Gasteiger partial charge in [0.25, 0.3) is 0 Å². The van der Waals surface area contributed by atoms with Crippen LogP contribution in [0.5, 0.6) is 0 Å². The zero-order chi connectivity index (χ0) is 9.14. The number of halogens is 2. The first-order chi connectivity index (χ1) is 5.61. The zero-order valence-electron chi connectivity index (χ0n) is 7.15. The second-order valence-electron chi connectivity index (χ2n) is 2.24. The lowest BCUT2D eigenvalue weighted by Crippen LogP contribution is -2.18. The summed E-state index contributed by atoms with van der Waals surface area (Å²) in [6.45, 7) is 0. The van der Waals surface area contributed by atoms with Crippen molar-refractivity contribution in [3.05, 3.63) is 29.6 Å². The van der Waals surface area contributed by atoms with Crippen molar-refractivity contribution in [2.45, 2.75) is 0 Å². The van der Waals surface area contributed by atoms with Crippen molar-refractivity contribution in [3.63, 3.8) is 0 Å². The van der Waals surface area contributed by atoms with Crippen molar-refractivity contribution in [3.8, 4) is 0 Å². The summed E-state index contributed by atoms with van der Waals surface area (Å²) >= 11 is 0. The van der Waals surface area contributed by atoms with E-state index in [1.165, 1.54) is 0 Å². The number of hydrogen-bond acceptors (Lipinski definition) is 3. The third-order valence-electron chi connectivity index (χ3n) is 1.30. The van der Waals surface area contributed by atoms with Gasteiger partial charge in [0.2, 0.25) is 0 Å². The molecule has 1 aromatic rings. The first-order valence-electron chi connectivity index (χ1n) is 3.27. The summed E-state index contributed by atoms with van der Waals surface area (Å²) in [5, 5.41) is 14.2. The number of amidine groups is 2. The average Bonchev–Trinajstić information content (AvgIpc) is 2.04. The highest BCUT2D eigenvalue weighted by molar-refractivity contribution is 5.96. The SMILES string of the molecule is Cl.Cl.N=C(N)c1cccc(C(=N)N)n1. The second kappa shape index (κ2) is 6.17. The second-order valence-corrected chi connectivity index (χ2v) is 2.24. The first-order valence-corrected chi connectivity index (χ1v) is 3.27. The minimum atomic E-state index is -0.127. The molecule has 0 amide bonds. The first kappa shape index (κ1) is 15.2. The summed E-state index contributed by atoms with van der Waals surface area (Å²) < 4.78 is 0. The molecular formula is C7H11Cl2N5. The molecule has 0 aliphatic heterocycles. The number of aromatic nitrogens is 1. The molecule has 0 radical (unpaired) electrons. The maximum Gasteiger partial charge on any atom is 0.141 e. The predicted octanol–water partition coefficient (Wildman–Crippen LogP) is 0.493. The van der Waals surface area contributed by atoms with E-state index in [4.69, 9.17) is 22.3 Å². The van der Waals surface area contributed by atoms with E-state index in [-0.39, 0.29) is 36.5 Å². The molecule has 1 heterocycles. The lowest BCUT2D eigenvalue weighted by atomic mass is 10.3. The number of nitrogens with one attached hydrogen (secondary N) is 2. The Balaban J connectivity index is 0. The fraction of sp³-hybridized carbons (Fsp3) is 0. The molecule has 5 nitrogen and oxygen atoms in total. The zero-order valence-corrected chi connectivity index (χ0v) is 8.78. The summed E-state index contributed by atoms with van der Waals surface area (Å²) in [7, 11) is 0. The maximum atomic E-state index is 7.08. The number of nitrogen functional groups attached to an aromatic ring is 2. The molecular weight excluding hydrogens is 225 g/mol. The maximum absolute atomic E-state index is 7.08. The smallest absolute Gasteiger partial charge is 0.141 e. The van der Waals surface area contributed by atoms with E-state index in [1.807, 2.05) is 0 Å². The van der Waals surface area contributed by atoms with Gasteiger partial charge < -0.3 is 11.5 Å². The molecule has 0 saturated carbocycles. The van der Waals surface area contributed by atoms with E-state index in [1.54, 1.807) is 18.2 Å². The van der Waals surface area contributed by atoms with Gasteiger partial charge in [-0.3, -0.25) is 10.8 Å². The summed E-state index contributed by atoms with van der Waals surface area (Å²) in [5.74, 6) is -0.254. The summed E-state index contributed by atoms with van der Waals surface area (Å²) in [5.41, 5.74) is 11.1. The molecule has 0 spiro atoms. The molecule has 0 fully saturated rings. The van der Waals surface area contributed by atoms with Crippen molar-refractivity contribution in [2.24, 2.45) is 11.5 Å². The molecule has 0 aliphatic rings. The minimum Gasteiger partial charge on any atom is -0.382 e. The molecule has 0 aromatic carbocycles. The molecule has 0 atom stereocenters. The molecule has 0 aliphatic carbocycles. The Morgan fingerprint density at radius 3 is 1.64 bits per heavy atom. The van der Waals surface area contributed by atoms with Crippen molar-refractivity contribution in [1.82, 2.24) is 4.98 Å². The van der Waals surface area contributed by atoms with Gasteiger partial charge in [0.1, 0.15) is 23.1 Å². The molecule has 0 bridgehead atoms. The average molecular weight is 236 g/mol.